The van der Waals surface area contributed by atoms with E-state index in [1.54, 1.807) is 42.5 Å². The van der Waals surface area contributed by atoms with Crippen molar-refractivity contribution in [1.82, 2.24) is 4.90 Å². The number of nitrogens with zero attached hydrogens (tertiary/aromatic N) is 3. The number of rotatable bonds is 7. The molecule has 0 fully saturated rings. The van der Waals surface area contributed by atoms with Gasteiger partial charge in [0.2, 0.25) is 5.91 Å². The van der Waals surface area contributed by atoms with Crippen LogP contribution in [0.2, 0.25) is 0 Å². The van der Waals surface area contributed by atoms with Crippen molar-refractivity contribution < 1.29 is 13.2 Å². The predicted octanol–water partition coefficient (Wildman–Crippen LogP) is 0.867. The molecular weight excluding hydrogens is 290 g/mol. The molecule has 0 spiro atoms. The smallest absolute Gasteiger partial charge is 0.225 e. The second-order valence-electron chi connectivity index (χ2n) is 4.39. The van der Waals surface area contributed by atoms with Crippen LogP contribution in [0.5, 0.6) is 0 Å². The maximum Gasteiger partial charge on any atom is 0.225 e. The lowest BCUT2D eigenvalue weighted by Crippen LogP contribution is -2.33. The number of carbonyl (C=O) groups excluding carboxylic acids is 1. The van der Waals surface area contributed by atoms with Gasteiger partial charge >= 0.3 is 0 Å². The molecule has 0 bridgehead atoms. The normalized spacial score (nSPS) is 10.4. The Morgan fingerprint density at radius 1 is 1.10 bits per heavy atom. The molecule has 0 unspecified atom stereocenters. The Morgan fingerprint density at radius 3 is 2.19 bits per heavy atom. The second kappa shape index (κ2) is 8.03. The topological polar surface area (TPSA) is 102 Å². The molecule has 110 valence electrons. The first-order chi connectivity index (χ1) is 9.98. The third-order valence-electron chi connectivity index (χ3n) is 2.73. The Morgan fingerprint density at radius 2 is 1.67 bits per heavy atom. The van der Waals surface area contributed by atoms with Crippen LogP contribution in [-0.4, -0.2) is 38.1 Å². The first kappa shape index (κ1) is 16.7. The Kier molecular flexibility index (Phi) is 6.38. The van der Waals surface area contributed by atoms with E-state index in [-0.39, 0.29) is 31.0 Å². The number of carbonyl (C=O) groups is 1. The monoisotopic (exact) mass is 305 g/mol. The minimum absolute atomic E-state index is 0.127. The highest BCUT2D eigenvalue weighted by Gasteiger charge is 2.18. The van der Waals surface area contributed by atoms with Crippen LogP contribution in [0.25, 0.3) is 0 Å². The average Bonchev–Trinajstić information content (AvgIpc) is 2.45. The van der Waals surface area contributed by atoms with Crippen LogP contribution < -0.4 is 0 Å². The van der Waals surface area contributed by atoms with E-state index in [1.807, 2.05) is 0 Å². The molecule has 0 aliphatic heterocycles. The van der Waals surface area contributed by atoms with Crippen molar-refractivity contribution in [3.8, 4) is 12.1 Å². The molecule has 0 aromatic heterocycles. The van der Waals surface area contributed by atoms with Crippen molar-refractivity contribution in [3.63, 3.8) is 0 Å². The van der Waals surface area contributed by atoms with E-state index in [2.05, 4.69) is 0 Å². The molecule has 0 saturated carbocycles. The third-order valence-corrected chi connectivity index (χ3v) is 4.33. The highest BCUT2D eigenvalue weighted by molar-refractivity contribution is 7.90. The van der Waals surface area contributed by atoms with E-state index in [0.717, 1.165) is 4.90 Å². The van der Waals surface area contributed by atoms with Crippen LogP contribution in [0.3, 0.4) is 0 Å². The lowest BCUT2D eigenvalue weighted by molar-refractivity contribution is -0.129. The molecule has 0 atom stereocenters. The molecule has 0 aliphatic rings. The van der Waals surface area contributed by atoms with Gasteiger partial charge in [0.1, 0.15) is 13.1 Å². The molecule has 1 rings (SSSR count). The average molecular weight is 305 g/mol. The summed E-state index contributed by atoms with van der Waals surface area (Å²) in [5.41, 5.74) is 0.663. The third kappa shape index (κ3) is 6.07. The summed E-state index contributed by atoms with van der Waals surface area (Å²) in [4.78, 5) is 12.8. The molecule has 0 heterocycles. The van der Waals surface area contributed by atoms with Gasteiger partial charge in [0.15, 0.2) is 9.84 Å². The van der Waals surface area contributed by atoms with Gasteiger partial charge in [0, 0.05) is 6.42 Å². The van der Waals surface area contributed by atoms with Crippen LogP contribution in [0, 0.1) is 22.7 Å². The Hall–Kier alpha value is -2.38. The quantitative estimate of drug-likeness (QED) is 0.695. The second-order valence-corrected chi connectivity index (χ2v) is 6.58. The van der Waals surface area contributed by atoms with Crippen molar-refractivity contribution in [2.45, 2.75) is 12.2 Å². The minimum Gasteiger partial charge on any atom is -0.316 e. The van der Waals surface area contributed by atoms with Crippen molar-refractivity contribution in [2.75, 3.05) is 18.8 Å². The standard InChI is InChI=1S/C14H15N3O3S/c15-7-9-17(10-8-16)14(18)6-11-21(19,20)12-13-4-2-1-3-5-13/h1-5H,6,9-12H2. The summed E-state index contributed by atoms with van der Waals surface area (Å²) in [6.07, 6.45) is -0.224. The fraction of sp³-hybridized carbons (Fsp3) is 0.357. The molecule has 0 saturated heterocycles. The van der Waals surface area contributed by atoms with Gasteiger partial charge in [-0.1, -0.05) is 30.3 Å². The molecule has 0 N–H and O–H groups in total. The predicted molar refractivity (Wildman–Crippen MR) is 76.4 cm³/mol. The van der Waals surface area contributed by atoms with Crippen LogP contribution in [0.4, 0.5) is 0 Å². The zero-order valence-electron chi connectivity index (χ0n) is 11.4. The van der Waals surface area contributed by atoms with Gasteiger partial charge in [-0.25, -0.2) is 8.42 Å². The zero-order valence-corrected chi connectivity index (χ0v) is 12.2. The largest absolute Gasteiger partial charge is 0.316 e. The molecule has 0 aliphatic carbocycles. The Labute approximate surface area is 124 Å². The zero-order chi connectivity index (χ0) is 15.7. The summed E-state index contributed by atoms with van der Waals surface area (Å²) >= 11 is 0. The number of hydrogen-bond acceptors (Lipinski definition) is 5. The van der Waals surface area contributed by atoms with Crippen molar-refractivity contribution in [1.29, 1.82) is 10.5 Å². The van der Waals surface area contributed by atoms with E-state index in [1.165, 1.54) is 0 Å². The summed E-state index contributed by atoms with van der Waals surface area (Å²) in [6, 6.07) is 12.2. The van der Waals surface area contributed by atoms with Crippen LogP contribution in [0.15, 0.2) is 30.3 Å². The van der Waals surface area contributed by atoms with Gasteiger partial charge in [-0.2, -0.15) is 10.5 Å². The van der Waals surface area contributed by atoms with E-state index in [0.29, 0.717) is 5.56 Å². The molecule has 0 radical (unpaired) electrons. The first-order valence-corrected chi connectivity index (χ1v) is 8.06. The summed E-state index contributed by atoms with van der Waals surface area (Å²) in [5.74, 6) is -0.930. The summed E-state index contributed by atoms with van der Waals surface area (Å²) < 4.78 is 23.9. The Balaban J connectivity index is 2.59. The molecule has 21 heavy (non-hydrogen) atoms. The SMILES string of the molecule is N#CCN(CC#N)C(=O)CCS(=O)(=O)Cc1ccccc1. The molecule has 6 nitrogen and oxygen atoms in total. The lowest BCUT2D eigenvalue weighted by atomic mass is 10.2. The van der Waals surface area contributed by atoms with Crippen LogP contribution in [-0.2, 0) is 20.4 Å². The van der Waals surface area contributed by atoms with Crippen molar-refractivity contribution in [3.05, 3.63) is 35.9 Å². The number of sulfone groups is 1. The minimum atomic E-state index is -3.41. The fourth-order valence-corrected chi connectivity index (χ4v) is 3.03. The van der Waals surface area contributed by atoms with Crippen molar-refractivity contribution in [2.24, 2.45) is 0 Å². The summed E-state index contributed by atoms with van der Waals surface area (Å²) in [7, 11) is -3.41. The summed E-state index contributed by atoms with van der Waals surface area (Å²) in [6.45, 7) is -0.434. The Bertz CT molecular complexity index is 641. The number of benzene rings is 1. The van der Waals surface area contributed by atoms with Gasteiger partial charge in [-0.3, -0.25) is 4.79 Å². The van der Waals surface area contributed by atoms with Gasteiger partial charge in [-0.05, 0) is 5.56 Å². The lowest BCUT2D eigenvalue weighted by Gasteiger charge is -2.15. The van der Waals surface area contributed by atoms with E-state index in [4.69, 9.17) is 10.5 Å². The van der Waals surface area contributed by atoms with Gasteiger partial charge < -0.3 is 4.90 Å². The fourth-order valence-electron chi connectivity index (χ4n) is 1.70. The van der Waals surface area contributed by atoms with E-state index >= 15 is 0 Å². The van der Waals surface area contributed by atoms with Crippen molar-refractivity contribution >= 4 is 15.7 Å². The van der Waals surface area contributed by atoms with Gasteiger partial charge in [0.05, 0.1) is 23.6 Å². The van der Waals surface area contributed by atoms with Gasteiger partial charge in [0.25, 0.3) is 0 Å². The highest BCUT2D eigenvalue weighted by Crippen LogP contribution is 2.08. The molecule has 7 heteroatoms. The maximum absolute atomic E-state index is 11.9. The number of hydrogen-bond donors (Lipinski definition) is 0. The highest BCUT2D eigenvalue weighted by atomic mass is 32.2. The van der Waals surface area contributed by atoms with E-state index < -0.39 is 15.7 Å². The number of amides is 1. The first-order valence-electron chi connectivity index (χ1n) is 6.24. The van der Waals surface area contributed by atoms with Crippen LogP contribution in [0.1, 0.15) is 12.0 Å². The van der Waals surface area contributed by atoms with Gasteiger partial charge in [-0.15, -0.1) is 0 Å². The van der Waals surface area contributed by atoms with E-state index in [9.17, 15) is 13.2 Å². The molecule has 1 amide bonds. The maximum atomic E-state index is 11.9. The number of nitriles is 2. The molecule has 1 aromatic rings. The summed E-state index contributed by atoms with van der Waals surface area (Å²) in [5, 5.41) is 17.1. The molecule has 1 aromatic carbocycles. The van der Waals surface area contributed by atoms with Crippen LogP contribution >= 0.6 is 0 Å². The molecular formula is C14H15N3O3S.